The molecule has 0 spiro atoms. The summed E-state index contributed by atoms with van der Waals surface area (Å²) in [6.45, 7) is 2.29. The van der Waals surface area contributed by atoms with Crippen LogP contribution in [0.1, 0.15) is 31.7 Å². The normalized spacial score (nSPS) is 20.9. The molecule has 1 fully saturated rings. The van der Waals surface area contributed by atoms with E-state index >= 15 is 0 Å². The first kappa shape index (κ1) is 21.5. The van der Waals surface area contributed by atoms with Gasteiger partial charge < -0.3 is 9.26 Å². The SMILES string of the molecule is CCCS(=O)(=O)N[C@@H]1C[C@@H](c2nc(-c3ccc(OC(F)(F)F)cc3)no2)N(C)C1. The molecular weight excluding hydrogens is 413 g/mol. The van der Waals surface area contributed by atoms with Crippen molar-refractivity contribution in [3.05, 3.63) is 30.2 Å². The van der Waals surface area contributed by atoms with E-state index in [1.807, 2.05) is 11.9 Å². The van der Waals surface area contributed by atoms with E-state index in [0.717, 1.165) is 0 Å². The maximum absolute atomic E-state index is 12.2. The highest BCUT2D eigenvalue weighted by atomic mass is 32.2. The minimum Gasteiger partial charge on any atom is -0.406 e. The number of rotatable bonds is 7. The maximum Gasteiger partial charge on any atom is 0.573 e. The fourth-order valence-electron chi connectivity index (χ4n) is 3.25. The summed E-state index contributed by atoms with van der Waals surface area (Å²) >= 11 is 0. The van der Waals surface area contributed by atoms with Crippen LogP contribution >= 0.6 is 0 Å². The molecule has 0 saturated carbocycles. The van der Waals surface area contributed by atoms with E-state index in [1.54, 1.807) is 6.92 Å². The number of ether oxygens (including phenoxy) is 1. The Morgan fingerprint density at radius 1 is 1.31 bits per heavy atom. The van der Waals surface area contributed by atoms with Crippen LogP contribution in [0, 0.1) is 0 Å². The van der Waals surface area contributed by atoms with Gasteiger partial charge in [0.25, 0.3) is 0 Å². The Hall–Kier alpha value is -2.18. The molecule has 0 aliphatic carbocycles. The third-order valence-electron chi connectivity index (χ3n) is 4.44. The van der Waals surface area contributed by atoms with E-state index < -0.39 is 16.4 Å². The zero-order valence-electron chi connectivity index (χ0n) is 15.8. The quantitative estimate of drug-likeness (QED) is 0.716. The highest BCUT2D eigenvalue weighted by Gasteiger charge is 2.36. The van der Waals surface area contributed by atoms with E-state index in [9.17, 15) is 21.6 Å². The molecular formula is C17H21F3N4O4S. The highest BCUT2D eigenvalue weighted by Crippen LogP contribution is 2.32. The number of hydrogen-bond donors (Lipinski definition) is 1. The number of halogens is 3. The molecule has 0 radical (unpaired) electrons. The summed E-state index contributed by atoms with van der Waals surface area (Å²) in [5.74, 6) is 0.261. The predicted octanol–water partition coefficient (Wildman–Crippen LogP) is 2.71. The first-order chi connectivity index (χ1) is 13.6. The van der Waals surface area contributed by atoms with Crippen molar-refractivity contribution < 1.29 is 30.8 Å². The average Bonchev–Trinajstić information content (AvgIpc) is 3.20. The van der Waals surface area contributed by atoms with Crippen molar-refractivity contribution in [2.75, 3.05) is 19.3 Å². The van der Waals surface area contributed by atoms with Gasteiger partial charge in [0.1, 0.15) is 5.75 Å². The van der Waals surface area contributed by atoms with Crippen LogP contribution in [0.3, 0.4) is 0 Å². The number of alkyl halides is 3. The third-order valence-corrected chi connectivity index (χ3v) is 6.08. The number of likely N-dealkylation sites (N-methyl/N-ethyl adjacent to an activating group) is 1. The molecule has 12 heteroatoms. The number of nitrogens with one attached hydrogen (secondary N) is 1. The van der Waals surface area contributed by atoms with Gasteiger partial charge in [-0.05, 0) is 44.2 Å². The second-order valence-electron chi connectivity index (χ2n) is 6.85. The van der Waals surface area contributed by atoms with Crippen molar-refractivity contribution in [1.82, 2.24) is 19.8 Å². The van der Waals surface area contributed by atoms with Gasteiger partial charge in [0, 0.05) is 18.2 Å². The predicted molar refractivity (Wildman–Crippen MR) is 97.4 cm³/mol. The molecule has 0 bridgehead atoms. The largest absolute Gasteiger partial charge is 0.573 e. The lowest BCUT2D eigenvalue weighted by Crippen LogP contribution is -2.37. The van der Waals surface area contributed by atoms with Crippen LogP contribution in [0.25, 0.3) is 11.4 Å². The molecule has 1 N–H and O–H groups in total. The Labute approximate surface area is 166 Å². The van der Waals surface area contributed by atoms with Gasteiger partial charge in [-0.3, -0.25) is 4.90 Å². The molecule has 3 rings (SSSR count). The first-order valence-corrected chi connectivity index (χ1v) is 10.6. The average molecular weight is 434 g/mol. The first-order valence-electron chi connectivity index (χ1n) is 8.96. The standard InChI is InChI=1S/C17H21F3N4O4S/c1-3-8-29(25,26)23-12-9-14(24(2)10-12)16-21-15(22-28-16)11-4-6-13(7-5-11)27-17(18,19)20/h4-7,12,14,23H,3,8-10H2,1-2H3/t12-,14+/m1/s1. The van der Waals surface area contributed by atoms with Gasteiger partial charge in [0.15, 0.2) is 0 Å². The van der Waals surface area contributed by atoms with Crippen LogP contribution in [0.5, 0.6) is 5.75 Å². The van der Waals surface area contributed by atoms with Gasteiger partial charge in [-0.25, -0.2) is 13.1 Å². The van der Waals surface area contributed by atoms with Crippen LogP contribution in [-0.4, -0.2) is 55.2 Å². The lowest BCUT2D eigenvalue weighted by Gasteiger charge is -2.14. The Kier molecular flexibility index (Phi) is 6.15. The van der Waals surface area contributed by atoms with Crippen LogP contribution in [0.2, 0.25) is 0 Å². The lowest BCUT2D eigenvalue weighted by atomic mass is 10.2. The van der Waals surface area contributed by atoms with Gasteiger partial charge in [0.2, 0.25) is 21.7 Å². The topological polar surface area (TPSA) is 97.6 Å². The number of nitrogens with zero attached hydrogens (tertiary/aromatic N) is 3. The highest BCUT2D eigenvalue weighted by molar-refractivity contribution is 7.89. The van der Waals surface area contributed by atoms with Gasteiger partial charge in [-0.2, -0.15) is 4.98 Å². The van der Waals surface area contributed by atoms with Crippen molar-refractivity contribution in [1.29, 1.82) is 0 Å². The van der Waals surface area contributed by atoms with Gasteiger partial charge >= 0.3 is 6.36 Å². The van der Waals surface area contributed by atoms with E-state index in [-0.39, 0.29) is 29.4 Å². The summed E-state index contributed by atoms with van der Waals surface area (Å²) in [7, 11) is -1.51. The lowest BCUT2D eigenvalue weighted by molar-refractivity contribution is -0.274. The molecule has 0 amide bonds. The summed E-state index contributed by atoms with van der Waals surface area (Å²) in [5.41, 5.74) is 0.468. The summed E-state index contributed by atoms with van der Waals surface area (Å²) in [4.78, 5) is 6.24. The second-order valence-corrected chi connectivity index (χ2v) is 8.73. The molecule has 1 saturated heterocycles. The van der Waals surface area contributed by atoms with Crippen molar-refractivity contribution in [2.24, 2.45) is 0 Å². The molecule has 1 aliphatic heterocycles. The Balaban J connectivity index is 1.68. The zero-order chi connectivity index (χ0) is 21.2. The molecule has 2 aromatic rings. The van der Waals surface area contributed by atoms with Crippen molar-refractivity contribution in [2.45, 2.75) is 38.2 Å². The number of likely N-dealkylation sites (tertiary alicyclic amines) is 1. The molecule has 1 aromatic heterocycles. The monoisotopic (exact) mass is 434 g/mol. The number of benzene rings is 1. The molecule has 1 aromatic carbocycles. The third kappa shape index (κ3) is 5.67. The fourth-order valence-corrected chi connectivity index (χ4v) is 4.58. The Morgan fingerprint density at radius 3 is 2.62 bits per heavy atom. The van der Waals surface area contributed by atoms with E-state index in [4.69, 9.17) is 4.52 Å². The van der Waals surface area contributed by atoms with Crippen LogP contribution < -0.4 is 9.46 Å². The Bertz CT molecular complexity index is 931. The molecule has 1 aliphatic rings. The van der Waals surface area contributed by atoms with Gasteiger partial charge in [-0.15, -0.1) is 13.2 Å². The van der Waals surface area contributed by atoms with Crippen molar-refractivity contribution >= 4 is 10.0 Å². The van der Waals surface area contributed by atoms with Crippen molar-refractivity contribution in [3.8, 4) is 17.1 Å². The van der Waals surface area contributed by atoms with Crippen LogP contribution in [-0.2, 0) is 10.0 Å². The number of sulfonamides is 1. The smallest absolute Gasteiger partial charge is 0.406 e. The fraction of sp³-hybridized carbons (Fsp3) is 0.529. The van der Waals surface area contributed by atoms with Gasteiger partial charge in [-0.1, -0.05) is 12.1 Å². The van der Waals surface area contributed by atoms with Crippen LogP contribution in [0.4, 0.5) is 13.2 Å². The van der Waals surface area contributed by atoms with Gasteiger partial charge in [0.05, 0.1) is 11.8 Å². The molecule has 160 valence electrons. The minimum atomic E-state index is -4.76. The van der Waals surface area contributed by atoms with Crippen molar-refractivity contribution in [3.63, 3.8) is 0 Å². The molecule has 8 nitrogen and oxygen atoms in total. The molecule has 2 atom stereocenters. The molecule has 2 heterocycles. The Morgan fingerprint density at radius 2 is 2.00 bits per heavy atom. The zero-order valence-corrected chi connectivity index (χ0v) is 16.6. The summed E-state index contributed by atoms with van der Waals surface area (Å²) in [5, 5.41) is 3.88. The summed E-state index contributed by atoms with van der Waals surface area (Å²) in [6, 6.07) is 4.60. The van der Waals surface area contributed by atoms with E-state index in [2.05, 4.69) is 19.6 Å². The number of aromatic nitrogens is 2. The second kappa shape index (κ2) is 8.28. The molecule has 29 heavy (non-hydrogen) atoms. The maximum atomic E-state index is 12.2. The summed E-state index contributed by atoms with van der Waals surface area (Å²) < 4.78 is 72.5. The molecule has 0 unspecified atom stereocenters. The van der Waals surface area contributed by atoms with E-state index in [0.29, 0.717) is 30.8 Å². The number of hydrogen-bond acceptors (Lipinski definition) is 7. The minimum absolute atomic E-state index is 0.0661. The summed E-state index contributed by atoms with van der Waals surface area (Å²) in [6.07, 6.45) is -3.76. The van der Waals surface area contributed by atoms with Crippen LogP contribution in [0.15, 0.2) is 28.8 Å². The van der Waals surface area contributed by atoms with E-state index in [1.165, 1.54) is 24.3 Å².